The van der Waals surface area contributed by atoms with Crippen LogP contribution in [-0.2, 0) is 11.2 Å². The highest BCUT2D eigenvalue weighted by Crippen LogP contribution is 2.43. The number of hydrogen-bond acceptors (Lipinski definition) is 3. The van der Waals surface area contributed by atoms with Gasteiger partial charge in [-0.3, -0.25) is 0 Å². The molecule has 0 bridgehead atoms. The van der Waals surface area contributed by atoms with Crippen molar-refractivity contribution in [1.29, 1.82) is 0 Å². The lowest BCUT2D eigenvalue weighted by Crippen LogP contribution is -2.45. The summed E-state index contributed by atoms with van der Waals surface area (Å²) in [6, 6.07) is 4.51. The van der Waals surface area contributed by atoms with E-state index in [4.69, 9.17) is 16.3 Å². The van der Waals surface area contributed by atoms with Crippen molar-refractivity contribution in [2.75, 3.05) is 19.7 Å². The molecule has 176 valence electrons. The van der Waals surface area contributed by atoms with Crippen molar-refractivity contribution >= 4 is 49.6 Å². The Balaban J connectivity index is 1.98. The van der Waals surface area contributed by atoms with Crippen LogP contribution in [0.15, 0.2) is 40.5 Å². The zero-order valence-corrected chi connectivity index (χ0v) is 23.0. The number of likely N-dealkylation sites (tertiary alicyclic amines) is 1. The van der Waals surface area contributed by atoms with Crippen molar-refractivity contribution in [3.63, 3.8) is 0 Å². The predicted molar refractivity (Wildman–Crippen MR) is 140 cm³/mol. The third-order valence-corrected chi connectivity index (χ3v) is 8.97. The second-order valence-electron chi connectivity index (χ2n) is 8.41. The number of piperidine rings is 1. The Labute approximate surface area is 214 Å². The molecule has 2 aliphatic heterocycles. The van der Waals surface area contributed by atoms with Gasteiger partial charge in [0.1, 0.15) is 0 Å². The minimum atomic E-state index is -0.197. The Morgan fingerprint density at radius 2 is 2.00 bits per heavy atom. The van der Waals surface area contributed by atoms with Crippen LogP contribution in [0.25, 0.3) is 0 Å². The summed E-state index contributed by atoms with van der Waals surface area (Å²) in [4.78, 5) is 14.4. The fourth-order valence-corrected chi connectivity index (χ4v) is 5.93. The van der Waals surface area contributed by atoms with Crippen molar-refractivity contribution in [1.82, 2.24) is 10.2 Å². The van der Waals surface area contributed by atoms with Crippen LogP contribution < -0.4 is 5.32 Å². The Morgan fingerprint density at radius 3 is 2.62 bits per heavy atom. The van der Waals surface area contributed by atoms with Crippen LogP contribution in [0.4, 0.5) is 4.79 Å². The van der Waals surface area contributed by atoms with Gasteiger partial charge in [-0.25, -0.2) is 4.79 Å². The maximum absolute atomic E-state index is 12.3. The van der Waals surface area contributed by atoms with E-state index in [0.29, 0.717) is 17.4 Å². The molecule has 3 atom stereocenters. The van der Waals surface area contributed by atoms with Gasteiger partial charge in [-0.2, -0.15) is 0 Å². The zero-order valence-electron chi connectivity index (χ0n) is 19.0. The molecule has 7 heteroatoms. The van der Waals surface area contributed by atoms with Gasteiger partial charge in [0, 0.05) is 28.3 Å². The van der Waals surface area contributed by atoms with E-state index in [9.17, 15) is 4.79 Å². The number of carbonyl (C=O) groups is 1. The molecule has 0 aliphatic carbocycles. The molecule has 32 heavy (non-hydrogen) atoms. The molecule has 1 N–H and O–H groups in total. The summed E-state index contributed by atoms with van der Waals surface area (Å²) >= 11 is 14.1. The van der Waals surface area contributed by atoms with Crippen LogP contribution in [0, 0.1) is 5.92 Å². The number of allylic oxidation sites excluding steroid dienone is 2. The van der Waals surface area contributed by atoms with Crippen LogP contribution in [0.2, 0.25) is 5.02 Å². The zero-order chi connectivity index (χ0) is 23.3. The molecule has 2 aliphatic rings. The highest BCUT2D eigenvalue weighted by molar-refractivity contribution is 9.10. The van der Waals surface area contributed by atoms with Gasteiger partial charge in [-0.15, -0.1) is 0 Å². The molecule has 0 spiro atoms. The molecule has 0 radical (unpaired) electrons. The van der Waals surface area contributed by atoms with E-state index in [0.717, 1.165) is 48.3 Å². The van der Waals surface area contributed by atoms with Crippen LogP contribution in [0.1, 0.15) is 57.1 Å². The first-order valence-electron chi connectivity index (χ1n) is 11.6. The largest absolute Gasteiger partial charge is 0.450 e. The Morgan fingerprint density at radius 1 is 1.28 bits per heavy atom. The third kappa shape index (κ3) is 5.74. The van der Waals surface area contributed by atoms with E-state index in [1.54, 1.807) is 0 Å². The molecular formula is C25H33Br2ClN2O2. The van der Waals surface area contributed by atoms with Crippen molar-refractivity contribution in [2.45, 2.75) is 63.2 Å². The SMILES string of the molecule is CCOC(=O)N1CCC(C(c2cc(Br)c(Cl)cc2CC)C2NC=CC=C2C(Br)CC)CC1. The number of benzene rings is 1. The topological polar surface area (TPSA) is 41.6 Å². The van der Waals surface area contributed by atoms with Gasteiger partial charge in [0.15, 0.2) is 0 Å². The van der Waals surface area contributed by atoms with Gasteiger partial charge >= 0.3 is 6.09 Å². The molecule has 1 aromatic carbocycles. The fraction of sp³-hybridized carbons (Fsp3) is 0.560. The molecule has 0 aromatic heterocycles. The normalized spacial score (nSPS) is 21.0. The van der Waals surface area contributed by atoms with Crippen LogP contribution in [0.5, 0.6) is 0 Å². The molecule has 1 fully saturated rings. The Hall–Kier alpha value is -0.980. The van der Waals surface area contributed by atoms with E-state index in [1.165, 1.54) is 16.7 Å². The van der Waals surface area contributed by atoms with Gasteiger partial charge in [0.05, 0.1) is 17.7 Å². The highest BCUT2D eigenvalue weighted by atomic mass is 79.9. The van der Waals surface area contributed by atoms with E-state index in [2.05, 4.69) is 81.5 Å². The minimum Gasteiger partial charge on any atom is -0.450 e. The fourth-order valence-electron chi connectivity index (χ4n) is 4.95. The number of aryl methyl sites for hydroxylation is 1. The van der Waals surface area contributed by atoms with Gasteiger partial charge < -0.3 is 15.0 Å². The predicted octanol–water partition coefficient (Wildman–Crippen LogP) is 7.20. The van der Waals surface area contributed by atoms with Gasteiger partial charge in [-0.05, 0) is 95.6 Å². The first-order chi connectivity index (χ1) is 15.4. The molecule has 2 heterocycles. The van der Waals surface area contributed by atoms with Crippen LogP contribution >= 0.6 is 43.5 Å². The summed E-state index contributed by atoms with van der Waals surface area (Å²) in [6.07, 6.45) is 10.0. The van der Waals surface area contributed by atoms with Gasteiger partial charge in [0.25, 0.3) is 0 Å². The number of dihydropyridines is 1. The lowest BCUT2D eigenvalue weighted by atomic mass is 9.71. The van der Waals surface area contributed by atoms with Crippen molar-refractivity contribution in [2.24, 2.45) is 5.92 Å². The number of alkyl halides is 1. The second kappa shape index (κ2) is 11.9. The van der Waals surface area contributed by atoms with Crippen LogP contribution in [0.3, 0.4) is 0 Å². The molecule has 1 aromatic rings. The number of rotatable bonds is 7. The van der Waals surface area contributed by atoms with E-state index in [1.807, 2.05) is 11.8 Å². The Kier molecular flexibility index (Phi) is 9.56. The average molecular weight is 589 g/mol. The van der Waals surface area contributed by atoms with Crippen molar-refractivity contribution in [3.05, 3.63) is 56.7 Å². The molecular weight excluding hydrogens is 556 g/mol. The molecule has 0 saturated carbocycles. The number of halogens is 3. The van der Waals surface area contributed by atoms with Crippen molar-refractivity contribution in [3.8, 4) is 0 Å². The summed E-state index contributed by atoms with van der Waals surface area (Å²) < 4.78 is 6.17. The summed E-state index contributed by atoms with van der Waals surface area (Å²) in [5.74, 6) is 0.702. The maximum Gasteiger partial charge on any atom is 0.409 e. The summed E-state index contributed by atoms with van der Waals surface area (Å²) in [5, 5.41) is 4.44. The summed E-state index contributed by atoms with van der Waals surface area (Å²) in [5.41, 5.74) is 4.00. The maximum atomic E-state index is 12.3. The van der Waals surface area contributed by atoms with E-state index >= 15 is 0 Å². The quantitative estimate of drug-likeness (QED) is 0.343. The number of nitrogens with zero attached hydrogens (tertiary/aromatic N) is 1. The number of carbonyl (C=O) groups excluding carboxylic acids is 1. The summed E-state index contributed by atoms with van der Waals surface area (Å²) in [7, 11) is 0. The number of nitrogens with one attached hydrogen (secondary N) is 1. The van der Waals surface area contributed by atoms with E-state index in [-0.39, 0.29) is 18.1 Å². The van der Waals surface area contributed by atoms with Gasteiger partial charge in [-0.1, -0.05) is 47.5 Å². The molecule has 1 amide bonds. The lowest BCUT2D eigenvalue weighted by Gasteiger charge is -2.42. The minimum absolute atomic E-state index is 0.182. The number of hydrogen-bond donors (Lipinski definition) is 1. The van der Waals surface area contributed by atoms with Crippen LogP contribution in [-0.4, -0.2) is 41.6 Å². The molecule has 1 saturated heterocycles. The first kappa shape index (κ1) is 25.6. The highest BCUT2D eigenvalue weighted by Gasteiger charge is 2.38. The van der Waals surface area contributed by atoms with Gasteiger partial charge in [0.2, 0.25) is 0 Å². The van der Waals surface area contributed by atoms with E-state index < -0.39 is 0 Å². The molecule has 3 rings (SSSR count). The first-order valence-corrected chi connectivity index (χ1v) is 13.7. The monoisotopic (exact) mass is 586 g/mol. The van der Waals surface area contributed by atoms with Crippen molar-refractivity contribution < 1.29 is 9.53 Å². The smallest absolute Gasteiger partial charge is 0.409 e. The molecule has 4 nitrogen and oxygen atoms in total. The standard InChI is InChI=1S/C25H33Br2ClN2O2/c1-4-16-14-22(28)21(27)15-19(16)23(24-18(20(26)5-2)8-7-11-29-24)17-9-12-30(13-10-17)25(31)32-6-3/h7-8,11,14-15,17,20,23-24,29H,4-6,9-10,12-13H2,1-3H3. The lowest BCUT2D eigenvalue weighted by molar-refractivity contribution is 0.0874. The summed E-state index contributed by atoms with van der Waals surface area (Å²) in [6.45, 7) is 8.11. The second-order valence-corrected chi connectivity index (χ2v) is 10.8. The molecule has 3 unspecified atom stereocenters. The number of ether oxygens (including phenoxy) is 1. The number of amides is 1. The Bertz CT molecular complexity index is 866. The third-order valence-electron chi connectivity index (χ3n) is 6.59. The average Bonchev–Trinajstić information content (AvgIpc) is 2.81.